The lowest BCUT2D eigenvalue weighted by atomic mass is 10.0. The van der Waals surface area contributed by atoms with Crippen molar-refractivity contribution < 1.29 is 0 Å². The molecule has 0 aliphatic carbocycles. The van der Waals surface area contributed by atoms with Crippen molar-refractivity contribution >= 4 is 23.4 Å². The average molecular weight is 294 g/mol. The first-order chi connectivity index (χ1) is 9.70. The minimum atomic E-state index is 0.790. The van der Waals surface area contributed by atoms with Crippen LogP contribution >= 0.6 is 11.8 Å². The molecular weight excluding hydrogens is 268 g/mol. The van der Waals surface area contributed by atoms with Gasteiger partial charge in [-0.2, -0.15) is 11.8 Å². The smallest absolute Gasteiger partial charge is 0.134 e. The van der Waals surface area contributed by atoms with Crippen LogP contribution in [0.4, 0.5) is 11.6 Å². The van der Waals surface area contributed by atoms with E-state index in [0.29, 0.717) is 0 Å². The molecule has 2 heterocycles. The Hall–Kier alpha value is -0.970. The van der Waals surface area contributed by atoms with Crippen molar-refractivity contribution in [2.24, 2.45) is 5.92 Å². The summed E-state index contributed by atoms with van der Waals surface area (Å²) in [7, 11) is 0. The summed E-state index contributed by atoms with van der Waals surface area (Å²) in [5.74, 6) is 6.19. The fourth-order valence-electron chi connectivity index (χ4n) is 2.41. The van der Waals surface area contributed by atoms with E-state index in [4.69, 9.17) is 0 Å². The average Bonchev–Trinajstić information content (AvgIpc) is 2.47. The Bertz CT molecular complexity index is 430. The standard InChI is InChI=1S/C15H26N4S/c1-4-7-16-14-11(2)15(19-12(3)18-14)17-10-13-5-8-20-9-6-13/h13H,4-10H2,1-3H3,(H2,16,17,18,19). The van der Waals surface area contributed by atoms with Gasteiger partial charge in [-0.15, -0.1) is 0 Å². The Morgan fingerprint density at radius 3 is 2.40 bits per heavy atom. The van der Waals surface area contributed by atoms with E-state index in [0.717, 1.165) is 48.5 Å². The Balaban J connectivity index is 2.00. The third-order valence-electron chi connectivity index (χ3n) is 3.70. The number of nitrogens with zero attached hydrogens (tertiary/aromatic N) is 2. The molecule has 2 N–H and O–H groups in total. The zero-order valence-electron chi connectivity index (χ0n) is 12.8. The summed E-state index contributed by atoms with van der Waals surface area (Å²) in [6.45, 7) is 8.20. The van der Waals surface area contributed by atoms with Crippen LogP contribution in [0.2, 0.25) is 0 Å². The van der Waals surface area contributed by atoms with Crippen LogP contribution in [0.25, 0.3) is 0 Å². The maximum absolute atomic E-state index is 4.56. The number of hydrogen-bond acceptors (Lipinski definition) is 5. The van der Waals surface area contributed by atoms with Crippen molar-refractivity contribution in [3.63, 3.8) is 0 Å². The second-order valence-corrected chi connectivity index (χ2v) is 6.68. The first-order valence-electron chi connectivity index (χ1n) is 7.61. The molecule has 1 fully saturated rings. The Morgan fingerprint density at radius 1 is 1.10 bits per heavy atom. The van der Waals surface area contributed by atoms with Crippen molar-refractivity contribution in [3.8, 4) is 0 Å². The second-order valence-electron chi connectivity index (χ2n) is 5.46. The molecule has 0 atom stereocenters. The van der Waals surface area contributed by atoms with Gasteiger partial charge < -0.3 is 10.6 Å². The lowest BCUT2D eigenvalue weighted by Gasteiger charge is -2.22. The lowest BCUT2D eigenvalue weighted by Crippen LogP contribution is -2.20. The first kappa shape index (κ1) is 15.4. The van der Waals surface area contributed by atoms with Gasteiger partial charge in [0, 0.05) is 18.7 Å². The first-order valence-corrected chi connectivity index (χ1v) is 8.77. The van der Waals surface area contributed by atoms with Gasteiger partial charge in [0.05, 0.1) is 0 Å². The highest BCUT2D eigenvalue weighted by molar-refractivity contribution is 7.99. The van der Waals surface area contributed by atoms with Gasteiger partial charge in [0.15, 0.2) is 0 Å². The predicted molar refractivity (Wildman–Crippen MR) is 88.8 cm³/mol. The highest BCUT2D eigenvalue weighted by Gasteiger charge is 2.15. The predicted octanol–water partition coefficient (Wildman–Crippen LogP) is 3.47. The molecule has 5 heteroatoms. The van der Waals surface area contributed by atoms with Crippen LogP contribution in [0.15, 0.2) is 0 Å². The molecule has 112 valence electrons. The van der Waals surface area contributed by atoms with Crippen LogP contribution in [-0.4, -0.2) is 34.6 Å². The molecule has 1 aliphatic heterocycles. The Labute approximate surface area is 126 Å². The van der Waals surface area contributed by atoms with E-state index in [1.54, 1.807) is 0 Å². The molecule has 0 saturated carbocycles. The topological polar surface area (TPSA) is 49.8 Å². The number of aryl methyl sites for hydroxylation is 1. The number of aromatic nitrogens is 2. The van der Waals surface area contributed by atoms with Crippen molar-refractivity contribution in [1.29, 1.82) is 0 Å². The molecule has 4 nitrogen and oxygen atoms in total. The fraction of sp³-hybridized carbons (Fsp3) is 0.733. The lowest BCUT2D eigenvalue weighted by molar-refractivity contribution is 0.515. The molecule has 1 aromatic rings. The van der Waals surface area contributed by atoms with Crippen LogP contribution in [0.3, 0.4) is 0 Å². The van der Waals surface area contributed by atoms with Crippen LogP contribution in [0.5, 0.6) is 0 Å². The van der Waals surface area contributed by atoms with Gasteiger partial charge in [-0.05, 0) is 50.5 Å². The maximum Gasteiger partial charge on any atom is 0.134 e. The van der Waals surface area contributed by atoms with Gasteiger partial charge in [0.2, 0.25) is 0 Å². The highest BCUT2D eigenvalue weighted by Crippen LogP contribution is 2.24. The van der Waals surface area contributed by atoms with Crippen LogP contribution in [-0.2, 0) is 0 Å². The fourth-order valence-corrected chi connectivity index (χ4v) is 3.61. The molecule has 0 bridgehead atoms. The summed E-state index contributed by atoms with van der Waals surface area (Å²) in [6, 6.07) is 0. The van der Waals surface area contributed by atoms with E-state index in [9.17, 15) is 0 Å². The number of thioether (sulfide) groups is 1. The van der Waals surface area contributed by atoms with Crippen LogP contribution < -0.4 is 10.6 Å². The third kappa shape index (κ3) is 4.27. The molecule has 0 amide bonds. The summed E-state index contributed by atoms with van der Waals surface area (Å²) in [5.41, 5.74) is 1.13. The summed E-state index contributed by atoms with van der Waals surface area (Å²) in [6.07, 6.45) is 3.74. The minimum absolute atomic E-state index is 0.790. The monoisotopic (exact) mass is 294 g/mol. The van der Waals surface area contributed by atoms with Crippen molar-refractivity contribution in [1.82, 2.24) is 9.97 Å². The quantitative estimate of drug-likeness (QED) is 0.841. The van der Waals surface area contributed by atoms with Gasteiger partial charge in [-0.3, -0.25) is 0 Å². The Kier molecular flexibility index (Phi) is 5.95. The van der Waals surface area contributed by atoms with Crippen molar-refractivity contribution in [2.75, 3.05) is 35.2 Å². The molecule has 1 aromatic heterocycles. The molecular formula is C15H26N4S. The summed E-state index contributed by atoms with van der Waals surface area (Å²) in [4.78, 5) is 9.06. The van der Waals surface area contributed by atoms with Crippen molar-refractivity contribution in [3.05, 3.63) is 11.4 Å². The molecule has 0 unspecified atom stereocenters. The molecule has 0 spiro atoms. The number of rotatable bonds is 6. The highest BCUT2D eigenvalue weighted by atomic mass is 32.2. The van der Waals surface area contributed by atoms with E-state index < -0.39 is 0 Å². The maximum atomic E-state index is 4.56. The number of anilines is 2. The SMILES string of the molecule is CCCNc1nc(C)nc(NCC2CCSCC2)c1C. The Morgan fingerprint density at radius 2 is 1.75 bits per heavy atom. The van der Waals surface area contributed by atoms with Crippen molar-refractivity contribution in [2.45, 2.75) is 40.0 Å². The van der Waals surface area contributed by atoms with E-state index in [2.05, 4.69) is 46.2 Å². The summed E-state index contributed by atoms with van der Waals surface area (Å²) < 4.78 is 0. The minimum Gasteiger partial charge on any atom is -0.370 e. The number of hydrogen-bond donors (Lipinski definition) is 2. The molecule has 0 radical (unpaired) electrons. The van der Waals surface area contributed by atoms with Gasteiger partial charge in [-0.25, -0.2) is 9.97 Å². The van der Waals surface area contributed by atoms with E-state index >= 15 is 0 Å². The third-order valence-corrected chi connectivity index (χ3v) is 4.75. The zero-order valence-corrected chi connectivity index (χ0v) is 13.6. The van der Waals surface area contributed by atoms with E-state index in [1.165, 1.54) is 24.3 Å². The number of nitrogens with one attached hydrogen (secondary N) is 2. The van der Waals surface area contributed by atoms with E-state index in [-0.39, 0.29) is 0 Å². The second kappa shape index (κ2) is 7.72. The van der Waals surface area contributed by atoms with Crippen LogP contribution in [0.1, 0.15) is 37.6 Å². The molecule has 0 aromatic carbocycles. The molecule has 2 rings (SSSR count). The molecule has 1 saturated heterocycles. The molecule has 20 heavy (non-hydrogen) atoms. The zero-order chi connectivity index (χ0) is 14.4. The molecule has 1 aliphatic rings. The van der Waals surface area contributed by atoms with Gasteiger partial charge in [0.1, 0.15) is 17.5 Å². The van der Waals surface area contributed by atoms with Gasteiger partial charge in [0.25, 0.3) is 0 Å². The van der Waals surface area contributed by atoms with Gasteiger partial charge >= 0.3 is 0 Å². The van der Waals surface area contributed by atoms with E-state index in [1.807, 2.05) is 6.92 Å². The summed E-state index contributed by atoms with van der Waals surface area (Å²) in [5, 5.41) is 6.93. The normalized spacial score (nSPS) is 16.1. The van der Waals surface area contributed by atoms with Gasteiger partial charge in [-0.1, -0.05) is 6.92 Å². The summed E-state index contributed by atoms with van der Waals surface area (Å²) >= 11 is 2.07. The van der Waals surface area contributed by atoms with Crippen LogP contribution in [0, 0.1) is 19.8 Å². The largest absolute Gasteiger partial charge is 0.370 e.